The Hall–Kier alpha value is -1.77. The molecular formula is C17H18Cl2F3N3O2. The molecule has 0 spiro atoms. The number of methoxy groups -OCH3 is 1. The maximum Gasteiger partial charge on any atom is 0.401 e. The summed E-state index contributed by atoms with van der Waals surface area (Å²) < 4.78 is 44.3. The first kappa shape index (κ1) is 21.5. The van der Waals surface area contributed by atoms with Crippen molar-refractivity contribution < 1.29 is 22.7 Å². The van der Waals surface area contributed by atoms with Crippen LogP contribution in [0.4, 0.5) is 13.2 Å². The molecule has 0 aliphatic rings. The molecule has 0 bridgehead atoms. The molecule has 10 heteroatoms. The first-order chi connectivity index (χ1) is 12.4. The number of benzene rings is 1. The van der Waals surface area contributed by atoms with Gasteiger partial charge in [0.1, 0.15) is 0 Å². The van der Waals surface area contributed by atoms with Crippen LogP contribution in [0.2, 0.25) is 10.0 Å². The summed E-state index contributed by atoms with van der Waals surface area (Å²) in [5.41, 5.74) is 1.97. The van der Waals surface area contributed by atoms with Gasteiger partial charge in [-0.3, -0.25) is 9.58 Å². The highest BCUT2D eigenvalue weighted by Crippen LogP contribution is 2.38. The van der Waals surface area contributed by atoms with Gasteiger partial charge in [0.2, 0.25) is 0 Å². The van der Waals surface area contributed by atoms with E-state index in [2.05, 4.69) is 5.10 Å². The minimum absolute atomic E-state index is 0.0211. The topological polar surface area (TPSA) is 47.4 Å². The molecule has 0 atom stereocenters. The lowest BCUT2D eigenvalue weighted by atomic mass is 10.0. The number of hydrogen-bond donors (Lipinski definition) is 0. The Morgan fingerprint density at radius 2 is 1.93 bits per heavy atom. The maximum atomic E-state index is 12.7. The minimum atomic E-state index is -4.38. The molecule has 0 unspecified atom stereocenters. The molecule has 2 aromatic rings. The van der Waals surface area contributed by atoms with Crippen LogP contribution in [0.25, 0.3) is 11.3 Å². The Bertz CT molecular complexity index is 866. The van der Waals surface area contributed by atoms with E-state index in [-0.39, 0.29) is 27.7 Å². The lowest BCUT2D eigenvalue weighted by molar-refractivity contribution is -0.144. The van der Waals surface area contributed by atoms with Crippen molar-refractivity contribution in [3.05, 3.63) is 39.0 Å². The molecule has 0 aliphatic carbocycles. The largest absolute Gasteiger partial charge is 0.465 e. The van der Waals surface area contributed by atoms with Gasteiger partial charge in [-0.25, -0.2) is 4.79 Å². The molecule has 2 rings (SSSR count). The minimum Gasteiger partial charge on any atom is -0.465 e. The van der Waals surface area contributed by atoms with E-state index in [0.717, 1.165) is 4.90 Å². The Balaban J connectivity index is 2.62. The van der Waals surface area contributed by atoms with Crippen molar-refractivity contribution >= 4 is 29.2 Å². The van der Waals surface area contributed by atoms with Gasteiger partial charge in [-0.05, 0) is 26.1 Å². The van der Waals surface area contributed by atoms with Crippen molar-refractivity contribution in [2.75, 3.05) is 20.7 Å². The molecule has 148 valence electrons. The lowest BCUT2D eigenvalue weighted by Gasteiger charge is -2.22. The molecule has 5 nitrogen and oxygen atoms in total. The monoisotopic (exact) mass is 423 g/mol. The van der Waals surface area contributed by atoms with E-state index in [1.54, 1.807) is 24.7 Å². The van der Waals surface area contributed by atoms with Crippen LogP contribution in [0.3, 0.4) is 0 Å². The Labute approximate surface area is 164 Å². The smallest absolute Gasteiger partial charge is 0.401 e. The number of alkyl halides is 3. The Kier molecular flexibility index (Phi) is 6.44. The molecule has 27 heavy (non-hydrogen) atoms. The molecule has 0 amide bonds. The summed E-state index contributed by atoms with van der Waals surface area (Å²) in [4.78, 5) is 13.1. The van der Waals surface area contributed by atoms with Crippen LogP contribution in [0.5, 0.6) is 0 Å². The average molecular weight is 424 g/mol. The van der Waals surface area contributed by atoms with Crippen LogP contribution in [-0.4, -0.2) is 47.5 Å². The SMILES string of the molecule is COC(=O)c1cc(-c2cc(C)nn2C)c(Cl)c(CN(C)CC(F)(F)F)c1Cl. The third-order valence-electron chi connectivity index (χ3n) is 3.85. The van der Waals surface area contributed by atoms with Gasteiger partial charge in [-0.2, -0.15) is 18.3 Å². The predicted molar refractivity (Wildman–Crippen MR) is 97.1 cm³/mol. The molecule has 0 saturated heterocycles. The van der Waals surface area contributed by atoms with Crippen LogP contribution < -0.4 is 0 Å². The van der Waals surface area contributed by atoms with E-state index in [1.165, 1.54) is 20.2 Å². The van der Waals surface area contributed by atoms with E-state index >= 15 is 0 Å². The van der Waals surface area contributed by atoms with E-state index in [1.807, 2.05) is 0 Å². The predicted octanol–water partition coefficient (Wildman–Crippen LogP) is 4.48. The van der Waals surface area contributed by atoms with Crippen LogP contribution in [0.1, 0.15) is 21.6 Å². The van der Waals surface area contributed by atoms with Crippen molar-refractivity contribution in [2.45, 2.75) is 19.6 Å². The second kappa shape index (κ2) is 8.08. The number of esters is 1. The molecule has 0 saturated carbocycles. The number of ether oxygens (including phenoxy) is 1. The van der Waals surface area contributed by atoms with Crippen LogP contribution >= 0.6 is 23.2 Å². The third-order valence-corrected chi connectivity index (χ3v) is 4.72. The highest BCUT2D eigenvalue weighted by Gasteiger charge is 2.30. The quantitative estimate of drug-likeness (QED) is 0.665. The van der Waals surface area contributed by atoms with Crippen molar-refractivity contribution in [2.24, 2.45) is 7.05 Å². The number of halogens is 5. The fourth-order valence-corrected chi connectivity index (χ4v) is 3.41. The first-order valence-electron chi connectivity index (χ1n) is 7.80. The van der Waals surface area contributed by atoms with Gasteiger partial charge in [0.15, 0.2) is 0 Å². The molecule has 0 fully saturated rings. The van der Waals surface area contributed by atoms with Crippen molar-refractivity contribution in [1.82, 2.24) is 14.7 Å². The van der Waals surface area contributed by atoms with Crippen molar-refractivity contribution in [1.29, 1.82) is 0 Å². The van der Waals surface area contributed by atoms with Gasteiger partial charge in [-0.15, -0.1) is 0 Å². The zero-order valence-corrected chi connectivity index (χ0v) is 16.6. The molecule has 0 N–H and O–H groups in total. The number of aryl methyl sites for hydroxylation is 2. The number of rotatable bonds is 5. The van der Waals surface area contributed by atoms with Crippen molar-refractivity contribution in [3.63, 3.8) is 0 Å². The second-order valence-corrected chi connectivity index (χ2v) is 6.91. The zero-order chi connectivity index (χ0) is 20.5. The van der Waals surface area contributed by atoms with Gasteiger partial charge in [0.05, 0.1) is 40.7 Å². The second-order valence-electron chi connectivity index (χ2n) is 6.15. The number of aromatic nitrogens is 2. The lowest BCUT2D eigenvalue weighted by Crippen LogP contribution is -2.30. The summed E-state index contributed by atoms with van der Waals surface area (Å²) in [5.74, 6) is -0.712. The van der Waals surface area contributed by atoms with Gasteiger partial charge in [0, 0.05) is 24.7 Å². The molecule has 1 aromatic carbocycles. The highest BCUT2D eigenvalue weighted by atomic mass is 35.5. The normalized spacial score (nSPS) is 11.9. The summed E-state index contributed by atoms with van der Waals surface area (Å²) in [6.07, 6.45) is -4.38. The molecule has 0 radical (unpaired) electrons. The fourth-order valence-electron chi connectivity index (χ4n) is 2.77. The Morgan fingerprint density at radius 3 is 2.41 bits per heavy atom. The summed E-state index contributed by atoms with van der Waals surface area (Å²) >= 11 is 12.8. The zero-order valence-electron chi connectivity index (χ0n) is 15.1. The number of nitrogens with zero attached hydrogens (tertiary/aromatic N) is 3. The van der Waals surface area contributed by atoms with E-state index in [9.17, 15) is 18.0 Å². The van der Waals surface area contributed by atoms with Gasteiger partial charge >= 0.3 is 12.1 Å². The van der Waals surface area contributed by atoms with E-state index < -0.39 is 18.7 Å². The van der Waals surface area contributed by atoms with Crippen molar-refractivity contribution in [3.8, 4) is 11.3 Å². The van der Waals surface area contributed by atoms with E-state index in [0.29, 0.717) is 17.0 Å². The van der Waals surface area contributed by atoms with Gasteiger partial charge in [0.25, 0.3) is 0 Å². The maximum absolute atomic E-state index is 12.7. The average Bonchev–Trinajstić information content (AvgIpc) is 2.87. The first-order valence-corrected chi connectivity index (χ1v) is 8.55. The van der Waals surface area contributed by atoms with Crippen LogP contribution in [0.15, 0.2) is 12.1 Å². The molecule has 0 aliphatic heterocycles. The molecule has 1 heterocycles. The molecular weight excluding hydrogens is 406 g/mol. The summed E-state index contributed by atoms with van der Waals surface area (Å²) in [6.45, 7) is 0.431. The molecule has 1 aromatic heterocycles. The van der Waals surface area contributed by atoms with Gasteiger partial charge < -0.3 is 4.74 Å². The fraction of sp³-hybridized carbons (Fsp3) is 0.412. The number of hydrogen-bond acceptors (Lipinski definition) is 4. The van der Waals surface area contributed by atoms with E-state index in [4.69, 9.17) is 27.9 Å². The highest BCUT2D eigenvalue weighted by molar-refractivity contribution is 6.39. The van der Waals surface area contributed by atoms with Gasteiger partial charge in [-0.1, -0.05) is 23.2 Å². The third kappa shape index (κ3) is 4.94. The summed E-state index contributed by atoms with van der Waals surface area (Å²) in [7, 11) is 4.18. The standard InChI is InChI=1S/C17H18Cl2F3N3O2/c1-9-5-13(25(3)23-9)10-6-11(16(26)27-4)15(19)12(14(10)18)7-24(2)8-17(20,21)22/h5-6H,7-8H2,1-4H3. The Morgan fingerprint density at radius 1 is 1.30 bits per heavy atom. The number of carbonyl (C=O) groups excluding carboxylic acids is 1. The van der Waals surface area contributed by atoms with Crippen LogP contribution in [-0.2, 0) is 18.3 Å². The number of carbonyl (C=O) groups is 1. The summed E-state index contributed by atoms with van der Waals surface area (Å²) in [5, 5.41) is 4.35. The summed E-state index contributed by atoms with van der Waals surface area (Å²) in [6, 6.07) is 3.21. The van der Waals surface area contributed by atoms with Crippen LogP contribution in [0, 0.1) is 6.92 Å².